The van der Waals surface area contributed by atoms with Crippen molar-refractivity contribution < 1.29 is 9.53 Å². The fourth-order valence-electron chi connectivity index (χ4n) is 2.85. The summed E-state index contributed by atoms with van der Waals surface area (Å²) < 4.78 is 6.55. The van der Waals surface area contributed by atoms with E-state index in [1.54, 1.807) is 25.4 Å². The zero-order chi connectivity index (χ0) is 20.5. The van der Waals surface area contributed by atoms with Gasteiger partial charge in [-0.1, -0.05) is 24.3 Å². The first-order valence-electron chi connectivity index (χ1n) is 9.40. The van der Waals surface area contributed by atoms with Gasteiger partial charge in [0.15, 0.2) is 5.96 Å². The first-order valence-corrected chi connectivity index (χ1v) is 9.40. The van der Waals surface area contributed by atoms with Crippen LogP contribution in [-0.4, -0.2) is 42.4 Å². The standard InChI is InChI=1S/C22H25N5O2/c1-23-22(25-16-18-4-8-19(9-5-18)21(28)29-2)24-14-12-17-6-10-20(11-7-17)27-15-3-13-26-27/h3-11,13,15H,12,14,16H2,1-2H3,(H2,23,24,25). The molecule has 0 radical (unpaired) electrons. The SMILES string of the molecule is CN=C(NCCc1ccc(-n2cccn2)cc1)NCc1ccc(C(=O)OC)cc1. The zero-order valence-corrected chi connectivity index (χ0v) is 16.6. The molecule has 2 N–H and O–H groups in total. The van der Waals surface area contributed by atoms with E-state index >= 15 is 0 Å². The second-order valence-electron chi connectivity index (χ2n) is 6.41. The van der Waals surface area contributed by atoms with Crippen LogP contribution in [0.25, 0.3) is 5.69 Å². The highest BCUT2D eigenvalue weighted by Crippen LogP contribution is 2.09. The Morgan fingerprint density at radius 1 is 1.07 bits per heavy atom. The molecule has 0 saturated carbocycles. The Kier molecular flexibility index (Phi) is 7.00. The molecule has 7 nitrogen and oxygen atoms in total. The van der Waals surface area contributed by atoms with Crippen molar-refractivity contribution in [3.63, 3.8) is 0 Å². The van der Waals surface area contributed by atoms with Crippen LogP contribution < -0.4 is 10.6 Å². The minimum absolute atomic E-state index is 0.334. The van der Waals surface area contributed by atoms with Crippen molar-refractivity contribution in [2.75, 3.05) is 20.7 Å². The molecule has 0 spiro atoms. The van der Waals surface area contributed by atoms with E-state index in [4.69, 9.17) is 4.74 Å². The average molecular weight is 391 g/mol. The van der Waals surface area contributed by atoms with Crippen LogP contribution in [0.1, 0.15) is 21.5 Å². The zero-order valence-electron chi connectivity index (χ0n) is 16.6. The van der Waals surface area contributed by atoms with Gasteiger partial charge in [-0.2, -0.15) is 5.10 Å². The van der Waals surface area contributed by atoms with E-state index in [2.05, 4.69) is 45.0 Å². The van der Waals surface area contributed by atoms with E-state index < -0.39 is 0 Å². The minimum atomic E-state index is -0.334. The predicted molar refractivity (Wildman–Crippen MR) is 113 cm³/mol. The summed E-state index contributed by atoms with van der Waals surface area (Å²) in [6.45, 7) is 1.38. The van der Waals surface area contributed by atoms with Crippen molar-refractivity contribution in [1.29, 1.82) is 0 Å². The molecule has 7 heteroatoms. The van der Waals surface area contributed by atoms with Gasteiger partial charge in [0, 0.05) is 32.5 Å². The van der Waals surface area contributed by atoms with Gasteiger partial charge in [-0.15, -0.1) is 0 Å². The highest BCUT2D eigenvalue weighted by Gasteiger charge is 2.05. The largest absolute Gasteiger partial charge is 0.465 e. The number of nitrogens with one attached hydrogen (secondary N) is 2. The molecule has 1 heterocycles. The summed E-state index contributed by atoms with van der Waals surface area (Å²) in [5, 5.41) is 10.8. The Hall–Kier alpha value is -3.61. The monoisotopic (exact) mass is 391 g/mol. The van der Waals surface area contributed by atoms with Crippen molar-refractivity contribution in [1.82, 2.24) is 20.4 Å². The van der Waals surface area contributed by atoms with E-state index in [9.17, 15) is 4.79 Å². The number of esters is 1. The number of ether oxygens (including phenoxy) is 1. The van der Waals surface area contributed by atoms with Gasteiger partial charge in [0.05, 0.1) is 18.4 Å². The van der Waals surface area contributed by atoms with Gasteiger partial charge in [-0.3, -0.25) is 4.99 Å². The molecule has 29 heavy (non-hydrogen) atoms. The van der Waals surface area contributed by atoms with Crippen LogP contribution in [-0.2, 0) is 17.7 Å². The summed E-state index contributed by atoms with van der Waals surface area (Å²) in [6.07, 6.45) is 4.58. The maximum Gasteiger partial charge on any atom is 0.337 e. The molecule has 0 bridgehead atoms. The lowest BCUT2D eigenvalue weighted by atomic mass is 10.1. The molecule has 3 rings (SSSR count). The van der Waals surface area contributed by atoms with Crippen LogP contribution in [0.15, 0.2) is 72.0 Å². The quantitative estimate of drug-likeness (QED) is 0.368. The van der Waals surface area contributed by atoms with Crippen LogP contribution in [0.3, 0.4) is 0 Å². The third kappa shape index (κ3) is 5.68. The minimum Gasteiger partial charge on any atom is -0.465 e. The number of aromatic nitrogens is 2. The van der Waals surface area contributed by atoms with Gasteiger partial charge < -0.3 is 15.4 Å². The Balaban J connectivity index is 1.44. The smallest absolute Gasteiger partial charge is 0.337 e. The van der Waals surface area contributed by atoms with Crippen molar-refractivity contribution in [3.05, 3.63) is 83.7 Å². The fourth-order valence-corrected chi connectivity index (χ4v) is 2.85. The molecule has 0 aliphatic heterocycles. The van der Waals surface area contributed by atoms with E-state index in [0.717, 1.165) is 30.2 Å². The Labute approximate surface area is 170 Å². The van der Waals surface area contributed by atoms with Crippen molar-refractivity contribution in [3.8, 4) is 5.69 Å². The molecule has 1 aromatic heterocycles. The lowest BCUT2D eigenvalue weighted by Crippen LogP contribution is -2.37. The van der Waals surface area contributed by atoms with E-state index in [-0.39, 0.29) is 5.97 Å². The summed E-state index contributed by atoms with van der Waals surface area (Å²) in [4.78, 5) is 15.7. The highest BCUT2D eigenvalue weighted by atomic mass is 16.5. The second kappa shape index (κ2) is 10.1. The van der Waals surface area contributed by atoms with Gasteiger partial charge in [-0.05, 0) is 47.9 Å². The van der Waals surface area contributed by atoms with Crippen molar-refractivity contribution >= 4 is 11.9 Å². The second-order valence-corrected chi connectivity index (χ2v) is 6.41. The number of nitrogens with zero attached hydrogens (tertiary/aromatic N) is 3. The molecule has 0 fully saturated rings. The molecule has 3 aromatic rings. The maximum absolute atomic E-state index is 11.5. The summed E-state index contributed by atoms with van der Waals surface area (Å²) in [5.41, 5.74) is 3.87. The third-order valence-corrected chi connectivity index (χ3v) is 4.47. The molecule has 150 valence electrons. The molecular weight excluding hydrogens is 366 g/mol. The fraction of sp³-hybridized carbons (Fsp3) is 0.227. The number of carbonyl (C=O) groups is 1. The van der Waals surface area contributed by atoms with Crippen molar-refractivity contribution in [2.45, 2.75) is 13.0 Å². The van der Waals surface area contributed by atoms with Crippen molar-refractivity contribution in [2.24, 2.45) is 4.99 Å². The van der Waals surface area contributed by atoms with Gasteiger partial charge in [0.2, 0.25) is 0 Å². The Morgan fingerprint density at radius 2 is 1.79 bits per heavy atom. The predicted octanol–water partition coefficient (Wildman–Crippen LogP) is 2.57. The normalized spacial score (nSPS) is 11.2. The third-order valence-electron chi connectivity index (χ3n) is 4.47. The Morgan fingerprint density at radius 3 is 2.41 bits per heavy atom. The van der Waals surface area contributed by atoms with Crippen LogP contribution in [0.4, 0.5) is 0 Å². The van der Waals surface area contributed by atoms with Gasteiger partial charge in [0.1, 0.15) is 0 Å². The van der Waals surface area contributed by atoms with Crippen LogP contribution in [0.5, 0.6) is 0 Å². The van der Waals surface area contributed by atoms with E-state index in [1.165, 1.54) is 12.7 Å². The molecular formula is C22H25N5O2. The molecule has 0 amide bonds. The van der Waals surface area contributed by atoms with Gasteiger partial charge >= 0.3 is 5.97 Å². The number of carbonyl (C=O) groups excluding carboxylic acids is 1. The number of guanidine groups is 1. The van der Waals surface area contributed by atoms with Gasteiger partial charge in [-0.25, -0.2) is 9.48 Å². The summed E-state index contributed by atoms with van der Waals surface area (Å²) in [7, 11) is 3.12. The Bertz CT molecular complexity index is 932. The van der Waals surface area contributed by atoms with Gasteiger partial charge in [0.25, 0.3) is 0 Å². The number of rotatable bonds is 7. The number of benzene rings is 2. The molecule has 0 saturated heterocycles. The number of aliphatic imine (C=N–C) groups is 1. The number of hydrogen-bond acceptors (Lipinski definition) is 4. The molecule has 2 aromatic carbocycles. The lowest BCUT2D eigenvalue weighted by Gasteiger charge is -2.12. The van der Waals surface area contributed by atoms with Crippen LogP contribution >= 0.6 is 0 Å². The van der Waals surface area contributed by atoms with Crippen LogP contribution in [0.2, 0.25) is 0 Å². The molecule has 0 aliphatic carbocycles. The van der Waals surface area contributed by atoms with E-state index in [1.807, 2.05) is 29.1 Å². The topological polar surface area (TPSA) is 80.5 Å². The number of hydrogen-bond donors (Lipinski definition) is 2. The first kappa shape index (κ1) is 20.1. The lowest BCUT2D eigenvalue weighted by molar-refractivity contribution is 0.0600. The van der Waals surface area contributed by atoms with Crippen LogP contribution in [0, 0.1) is 0 Å². The molecule has 0 unspecified atom stereocenters. The first-order chi connectivity index (χ1) is 14.2. The average Bonchev–Trinajstić information content (AvgIpc) is 3.31. The summed E-state index contributed by atoms with van der Waals surface area (Å²) in [6, 6.07) is 17.6. The maximum atomic E-state index is 11.5. The molecule has 0 atom stereocenters. The molecule has 0 aliphatic rings. The van der Waals surface area contributed by atoms with E-state index in [0.29, 0.717) is 12.1 Å². The highest BCUT2D eigenvalue weighted by molar-refractivity contribution is 5.89. The number of methoxy groups -OCH3 is 1. The summed E-state index contributed by atoms with van der Waals surface area (Å²) >= 11 is 0. The summed E-state index contributed by atoms with van der Waals surface area (Å²) in [5.74, 6) is 0.398.